The summed E-state index contributed by atoms with van der Waals surface area (Å²) in [5.41, 5.74) is 0.400. The highest BCUT2D eigenvalue weighted by atomic mass is 16.5. The zero-order valence-electron chi connectivity index (χ0n) is 16.5. The van der Waals surface area contributed by atoms with Crippen LogP contribution in [0.25, 0.3) is 11.0 Å². The number of carbonyl (C=O) groups excluding carboxylic acids is 3. The molecule has 7 nitrogen and oxygen atoms in total. The van der Waals surface area contributed by atoms with Gasteiger partial charge in [0.05, 0.1) is 19.2 Å². The molecular formula is C23H20N2O5. The number of ketones is 3. The second-order valence-electron chi connectivity index (χ2n) is 7.26. The molecule has 0 N–H and O–H groups in total. The van der Waals surface area contributed by atoms with Gasteiger partial charge in [0.2, 0.25) is 0 Å². The minimum Gasteiger partial charge on any atom is -0.496 e. The van der Waals surface area contributed by atoms with Crippen LogP contribution in [0, 0.1) is 5.92 Å². The molecular weight excluding hydrogens is 384 g/mol. The molecule has 7 heteroatoms. The maximum atomic E-state index is 13.3. The van der Waals surface area contributed by atoms with E-state index in [1.807, 2.05) is 18.2 Å². The number of carbonyl (C=O) groups is 3. The second-order valence-corrected chi connectivity index (χ2v) is 7.26. The van der Waals surface area contributed by atoms with Gasteiger partial charge in [-0.3, -0.25) is 23.7 Å². The molecule has 1 aromatic carbocycles. The number of ether oxygens (including phenoxy) is 1. The zero-order valence-corrected chi connectivity index (χ0v) is 16.5. The van der Waals surface area contributed by atoms with E-state index in [0.717, 1.165) is 5.56 Å². The molecule has 2 aromatic heterocycles. The smallest absolute Gasteiger partial charge is 0.263 e. The molecule has 2 heterocycles. The Balaban J connectivity index is 1.87. The molecule has 1 aliphatic carbocycles. The van der Waals surface area contributed by atoms with Crippen molar-refractivity contribution in [2.45, 2.75) is 25.8 Å². The van der Waals surface area contributed by atoms with Crippen molar-refractivity contribution in [2.75, 3.05) is 7.11 Å². The number of benzene rings is 1. The Morgan fingerprint density at radius 1 is 1.10 bits per heavy atom. The molecule has 0 aliphatic heterocycles. The maximum Gasteiger partial charge on any atom is 0.263 e. The zero-order chi connectivity index (χ0) is 21.3. The lowest BCUT2D eigenvalue weighted by molar-refractivity contribution is -0.133. The number of hydrogen-bond acceptors (Lipinski definition) is 6. The fourth-order valence-corrected chi connectivity index (χ4v) is 3.89. The Bertz CT molecular complexity index is 1210. The molecule has 30 heavy (non-hydrogen) atoms. The number of pyridine rings is 2. The predicted octanol–water partition coefficient (Wildman–Crippen LogP) is 2.57. The van der Waals surface area contributed by atoms with E-state index in [2.05, 4.69) is 4.98 Å². The minimum absolute atomic E-state index is 0.129. The number of para-hydroxylation sites is 1. The van der Waals surface area contributed by atoms with Crippen LogP contribution in [0.15, 0.2) is 53.5 Å². The average molecular weight is 404 g/mol. The average Bonchev–Trinajstić information content (AvgIpc) is 2.75. The summed E-state index contributed by atoms with van der Waals surface area (Å²) in [7, 11) is 1.54. The van der Waals surface area contributed by atoms with Crippen LogP contribution < -0.4 is 10.3 Å². The highest BCUT2D eigenvalue weighted by Gasteiger charge is 2.38. The highest BCUT2D eigenvalue weighted by Crippen LogP contribution is 2.23. The SMILES string of the molecule is COc1ccccc1Cn1c(=O)c(C(=O)C2C(=O)CCCC2=O)cc2cccnc21. The molecule has 0 spiro atoms. The number of nitrogens with zero attached hydrogens (tertiary/aromatic N) is 2. The Morgan fingerprint density at radius 3 is 2.57 bits per heavy atom. The summed E-state index contributed by atoms with van der Waals surface area (Å²) in [6.45, 7) is 0.129. The lowest BCUT2D eigenvalue weighted by Gasteiger charge is -2.19. The molecule has 1 fully saturated rings. The van der Waals surface area contributed by atoms with Crippen LogP contribution in [-0.2, 0) is 16.1 Å². The van der Waals surface area contributed by atoms with Gasteiger partial charge in [-0.15, -0.1) is 0 Å². The maximum absolute atomic E-state index is 13.3. The quantitative estimate of drug-likeness (QED) is 0.479. The van der Waals surface area contributed by atoms with Crippen molar-refractivity contribution in [3.8, 4) is 5.75 Å². The minimum atomic E-state index is -1.39. The fourth-order valence-electron chi connectivity index (χ4n) is 3.89. The molecule has 0 atom stereocenters. The first-order valence-corrected chi connectivity index (χ1v) is 9.71. The van der Waals surface area contributed by atoms with Crippen molar-refractivity contribution in [1.29, 1.82) is 0 Å². The van der Waals surface area contributed by atoms with Gasteiger partial charge in [0.15, 0.2) is 17.3 Å². The van der Waals surface area contributed by atoms with Crippen molar-refractivity contribution in [1.82, 2.24) is 9.55 Å². The van der Waals surface area contributed by atoms with Gasteiger partial charge in [0.1, 0.15) is 17.3 Å². The Labute approximate surface area is 172 Å². The Morgan fingerprint density at radius 2 is 1.83 bits per heavy atom. The summed E-state index contributed by atoms with van der Waals surface area (Å²) in [5.74, 6) is -2.35. The topological polar surface area (TPSA) is 95.3 Å². The lowest BCUT2D eigenvalue weighted by atomic mass is 9.82. The molecule has 3 aromatic rings. The van der Waals surface area contributed by atoms with Gasteiger partial charge < -0.3 is 4.74 Å². The largest absolute Gasteiger partial charge is 0.496 e. The van der Waals surface area contributed by atoms with Gasteiger partial charge >= 0.3 is 0 Å². The predicted molar refractivity (Wildman–Crippen MR) is 110 cm³/mol. The van der Waals surface area contributed by atoms with E-state index in [9.17, 15) is 19.2 Å². The lowest BCUT2D eigenvalue weighted by Crippen LogP contribution is -2.39. The summed E-state index contributed by atoms with van der Waals surface area (Å²) in [6.07, 6.45) is 2.36. The number of aromatic nitrogens is 2. The number of rotatable bonds is 5. The Hall–Kier alpha value is -3.61. The van der Waals surface area contributed by atoms with Crippen LogP contribution in [0.5, 0.6) is 5.75 Å². The van der Waals surface area contributed by atoms with E-state index < -0.39 is 28.8 Å². The monoisotopic (exact) mass is 404 g/mol. The molecule has 0 amide bonds. The first-order chi connectivity index (χ1) is 14.5. The molecule has 152 valence electrons. The van der Waals surface area contributed by atoms with Crippen LogP contribution >= 0.6 is 0 Å². The van der Waals surface area contributed by atoms with E-state index in [4.69, 9.17) is 4.74 Å². The van der Waals surface area contributed by atoms with Gasteiger partial charge in [-0.2, -0.15) is 0 Å². The van der Waals surface area contributed by atoms with Crippen LogP contribution in [0.3, 0.4) is 0 Å². The third-order valence-corrected chi connectivity index (χ3v) is 5.39. The van der Waals surface area contributed by atoms with Gasteiger partial charge in [0, 0.05) is 30.0 Å². The van der Waals surface area contributed by atoms with E-state index in [1.165, 1.54) is 17.7 Å². The van der Waals surface area contributed by atoms with Crippen molar-refractivity contribution in [3.05, 3.63) is 70.1 Å². The van der Waals surface area contributed by atoms with E-state index in [-0.39, 0.29) is 24.9 Å². The van der Waals surface area contributed by atoms with Gasteiger partial charge in [-0.1, -0.05) is 18.2 Å². The third-order valence-electron chi connectivity index (χ3n) is 5.39. The summed E-state index contributed by atoms with van der Waals surface area (Å²) >= 11 is 0. The summed E-state index contributed by atoms with van der Waals surface area (Å²) in [6, 6.07) is 12.1. The summed E-state index contributed by atoms with van der Waals surface area (Å²) in [5, 5.41) is 0.575. The number of fused-ring (bicyclic) bond motifs is 1. The summed E-state index contributed by atoms with van der Waals surface area (Å²) in [4.78, 5) is 55.3. The molecule has 4 rings (SSSR count). The number of methoxy groups -OCH3 is 1. The van der Waals surface area contributed by atoms with E-state index in [1.54, 1.807) is 24.4 Å². The third kappa shape index (κ3) is 3.43. The van der Waals surface area contributed by atoms with Crippen molar-refractivity contribution < 1.29 is 19.1 Å². The van der Waals surface area contributed by atoms with Crippen LogP contribution in [0.2, 0.25) is 0 Å². The first-order valence-electron chi connectivity index (χ1n) is 9.71. The molecule has 0 radical (unpaired) electrons. The number of hydrogen-bond donors (Lipinski definition) is 0. The van der Waals surface area contributed by atoms with Gasteiger partial charge in [-0.05, 0) is 30.7 Å². The van der Waals surface area contributed by atoms with Crippen molar-refractivity contribution >= 4 is 28.4 Å². The van der Waals surface area contributed by atoms with Gasteiger partial charge in [-0.25, -0.2) is 4.98 Å². The van der Waals surface area contributed by atoms with E-state index in [0.29, 0.717) is 23.2 Å². The normalized spacial score (nSPS) is 14.8. The number of Topliss-reactive ketones (excluding diaryl/α,β-unsaturated/α-hetero) is 3. The van der Waals surface area contributed by atoms with Gasteiger partial charge in [0.25, 0.3) is 5.56 Å². The van der Waals surface area contributed by atoms with Crippen molar-refractivity contribution in [3.63, 3.8) is 0 Å². The molecule has 0 unspecified atom stereocenters. The molecule has 1 aliphatic rings. The Kier molecular flexibility index (Phi) is 5.27. The molecule has 1 saturated carbocycles. The standard InChI is InChI=1S/C23H20N2O5/c1-30-19-10-3-2-6-15(19)13-25-22-14(7-5-11-24-22)12-16(23(25)29)21(28)20-17(26)8-4-9-18(20)27/h2-3,5-7,10-12,20H,4,8-9,13H2,1H3. The molecule has 0 bridgehead atoms. The highest BCUT2D eigenvalue weighted by molar-refractivity contribution is 6.25. The van der Waals surface area contributed by atoms with Crippen LogP contribution in [0.4, 0.5) is 0 Å². The first kappa shape index (κ1) is 19.7. The summed E-state index contributed by atoms with van der Waals surface area (Å²) < 4.78 is 6.77. The molecule has 0 saturated heterocycles. The van der Waals surface area contributed by atoms with Crippen molar-refractivity contribution in [2.24, 2.45) is 5.92 Å². The fraction of sp³-hybridized carbons (Fsp3) is 0.261. The van der Waals surface area contributed by atoms with E-state index >= 15 is 0 Å². The van der Waals surface area contributed by atoms with Crippen LogP contribution in [0.1, 0.15) is 35.2 Å². The second kappa shape index (κ2) is 8.02. The van der Waals surface area contributed by atoms with Crippen LogP contribution in [-0.4, -0.2) is 34.0 Å².